The van der Waals surface area contributed by atoms with E-state index in [1.165, 1.54) is 43.5 Å². The van der Waals surface area contributed by atoms with Gasteiger partial charge in [0.15, 0.2) is 0 Å². The maximum absolute atomic E-state index is 12.6. The summed E-state index contributed by atoms with van der Waals surface area (Å²) in [5.74, 6) is 0. The van der Waals surface area contributed by atoms with Crippen molar-refractivity contribution < 1.29 is 4.79 Å². The van der Waals surface area contributed by atoms with Gasteiger partial charge in [-0.1, -0.05) is 29.8 Å². The quantitative estimate of drug-likeness (QED) is 0.897. The van der Waals surface area contributed by atoms with Crippen molar-refractivity contribution in [2.24, 2.45) is 0 Å². The molecule has 1 aromatic carbocycles. The standard InChI is InChI=1S/C20H31N3O/c1-17-7-9-18(10-8-17)16-21-20(24)23-14-3-2-6-19(23)11-15-22-12-4-5-13-22/h7-10,19H,2-6,11-16H2,1H3,(H,21,24). The molecule has 1 N–H and O–H groups in total. The van der Waals surface area contributed by atoms with Gasteiger partial charge in [-0.3, -0.25) is 0 Å². The van der Waals surface area contributed by atoms with Crippen molar-refractivity contribution in [2.75, 3.05) is 26.2 Å². The third-order valence-corrected chi connectivity index (χ3v) is 5.43. The molecule has 0 aliphatic carbocycles. The molecule has 2 saturated heterocycles. The zero-order chi connectivity index (χ0) is 16.8. The Morgan fingerprint density at radius 3 is 2.54 bits per heavy atom. The number of benzene rings is 1. The third-order valence-electron chi connectivity index (χ3n) is 5.43. The number of piperidine rings is 1. The second-order valence-corrected chi connectivity index (χ2v) is 7.32. The fourth-order valence-electron chi connectivity index (χ4n) is 3.89. The Hall–Kier alpha value is -1.55. The Kier molecular flexibility index (Phi) is 6.13. The fraction of sp³-hybridized carbons (Fsp3) is 0.650. The average molecular weight is 329 g/mol. The first kappa shape index (κ1) is 17.3. The molecule has 0 aromatic heterocycles. The molecule has 2 aliphatic heterocycles. The Bertz CT molecular complexity index is 522. The van der Waals surface area contributed by atoms with Crippen LogP contribution in [0.3, 0.4) is 0 Å². The van der Waals surface area contributed by atoms with Gasteiger partial charge in [0, 0.05) is 25.7 Å². The lowest BCUT2D eigenvalue weighted by molar-refractivity contribution is 0.138. The predicted octanol–water partition coefficient (Wildman–Crippen LogP) is 3.55. The number of carbonyl (C=O) groups is 1. The maximum Gasteiger partial charge on any atom is 0.317 e. The van der Waals surface area contributed by atoms with Crippen LogP contribution in [-0.2, 0) is 6.54 Å². The van der Waals surface area contributed by atoms with Gasteiger partial charge in [0.1, 0.15) is 0 Å². The van der Waals surface area contributed by atoms with Gasteiger partial charge in [0.05, 0.1) is 0 Å². The second kappa shape index (κ2) is 8.52. The lowest BCUT2D eigenvalue weighted by atomic mass is 9.99. The summed E-state index contributed by atoms with van der Waals surface area (Å²) in [4.78, 5) is 17.3. The lowest BCUT2D eigenvalue weighted by Gasteiger charge is -2.36. The summed E-state index contributed by atoms with van der Waals surface area (Å²) in [5, 5.41) is 3.12. The summed E-state index contributed by atoms with van der Waals surface area (Å²) in [6.45, 7) is 7.24. The molecule has 2 heterocycles. The molecule has 3 rings (SSSR count). The van der Waals surface area contributed by atoms with Crippen LogP contribution in [0.1, 0.15) is 49.7 Å². The monoisotopic (exact) mass is 329 g/mol. The molecular formula is C20H31N3O. The minimum atomic E-state index is 0.113. The van der Waals surface area contributed by atoms with Crippen LogP contribution in [0, 0.1) is 6.92 Å². The van der Waals surface area contributed by atoms with Crippen LogP contribution in [0.4, 0.5) is 4.79 Å². The Balaban J connectivity index is 1.49. The van der Waals surface area contributed by atoms with Crippen molar-refractivity contribution in [3.63, 3.8) is 0 Å². The van der Waals surface area contributed by atoms with E-state index in [2.05, 4.69) is 46.3 Å². The molecule has 2 aliphatic rings. The van der Waals surface area contributed by atoms with E-state index in [4.69, 9.17) is 0 Å². The molecule has 0 saturated carbocycles. The van der Waals surface area contributed by atoms with E-state index in [9.17, 15) is 4.79 Å². The number of hydrogen-bond acceptors (Lipinski definition) is 2. The summed E-state index contributed by atoms with van der Waals surface area (Å²) in [5.41, 5.74) is 2.42. The zero-order valence-electron chi connectivity index (χ0n) is 15.0. The minimum absolute atomic E-state index is 0.113. The first-order valence-corrected chi connectivity index (χ1v) is 9.55. The van der Waals surface area contributed by atoms with E-state index in [0.717, 1.165) is 32.4 Å². The molecule has 2 amide bonds. The van der Waals surface area contributed by atoms with Crippen molar-refractivity contribution in [3.05, 3.63) is 35.4 Å². The van der Waals surface area contributed by atoms with E-state index in [1.54, 1.807) is 0 Å². The number of hydrogen-bond donors (Lipinski definition) is 1. The SMILES string of the molecule is Cc1ccc(CNC(=O)N2CCCCC2CCN2CCCC2)cc1. The molecule has 4 heteroatoms. The number of amides is 2. The van der Waals surface area contributed by atoms with Gasteiger partial charge in [0.25, 0.3) is 0 Å². The lowest BCUT2D eigenvalue weighted by Crippen LogP contribution is -2.49. The van der Waals surface area contributed by atoms with Crippen molar-refractivity contribution in [1.82, 2.24) is 15.1 Å². The molecule has 24 heavy (non-hydrogen) atoms. The molecule has 1 atom stereocenters. The topological polar surface area (TPSA) is 35.6 Å². The number of urea groups is 1. The van der Waals surface area contributed by atoms with Gasteiger partial charge in [0.2, 0.25) is 0 Å². The maximum atomic E-state index is 12.6. The normalized spacial score (nSPS) is 21.9. The van der Waals surface area contributed by atoms with Gasteiger partial charge >= 0.3 is 6.03 Å². The molecule has 0 radical (unpaired) electrons. The van der Waals surface area contributed by atoms with E-state index in [0.29, 0.717) is 12.6 Å². The summed E-state index contributed by atoms with van der Waals surface area (Å²) in [7, 11) is 0. The first-order valence-electron chi connectivity index (χ1n) is 9.55. The molecule has 2 fully saturated rings. The molecule has 0 bridgehead atoms. The first-order chi connectivity index (χ1) is 11.7. The predicted molar refractivity (Wildman–Crippen MR) is 98.1 cm³/mol. The molecule has 1 unspecified atom stereocenters. The number of likely N-dealkylation sites (tertiary alicyclic amines) is 2. The highest BCUT2D eigenvalue weighted by molar-refractivity contribution is 5.74. The second-order valence-electron chi connectivity index (χ2n) is 7.32. The summed E-state index contributed by atoms with van der Waals surface area (Å²) in [6.07, 6.45) is 7.35. The average Bonchev–Trinajstić information content (AvgIpc) is 3.13. The minimum Gasteiger partial charge on any atom is -0.334 e. The molecule has 1 aromatic rings. The summed E-state index contributed by atoms with van der Waals surface area (Å²) in [6, 6.07) is 8.91. The van der Waals surface area contributed by atoms with Crippen LogP contribution < -0.4 is 5.32 Å². The molecule has 0 spiro atoms. The Morgan fingerprint density at radius 2 is 1.79 bits per heavy atom. The number of aryl methyl sites for hydroxylation is 1. The molecule has 4 nitrogen and oxygen atoms in total. The van der Waals surface area contributed by atoms with Crippen molar-refractivity contribution in [2.45, 2.75) is 58.0 Å². The van der Waals surface area contributed by atoms with E-state index < -0.39 is 0 Å². The van der Waals surface area contributed by atoms with E-state index >= 15 is 0 Å². The fourth-order valence-corrected chi connectivity index (χ4v) is 3.89. The van der Waals surface area contributed by atoms with Crippen LogP contribution >= 0.6 is 0 Å². The van der Waals surface area contributed by atoms with Crippen LogP contribution in [-0.4, -0.2) is 48.1 Å². The number of nitrogens with zero attached hydrogens (tertiary/aromatic N) is 2. The summed E-state index contributed by atoms with van der Waals surface area (Å²) >= 11 is 0. The van der Waals surface area contributed by atoms with Crippen molar-refractivity contribution in [1.29, 1.82) is 0 Å². The van der Waals surface area contributed by atoms with Crippen LogP contribution in [0.5, 0.6) is 0 Å². The molecule has 132 valence electrons. The highest BCUT2D eigenvalue weighted by Crippen LogP contribution is 2.21. The smallest absolute Gasteiger partial charge is 0.317 e. The Morgan fingerprint density at radius 1 is 1.08 bits per heavy atom. The Labute approximate surface area is 146 Å². The number of nitrogens with one attached hydrogen (secondary N) is 1. The van der Waals surface area contributed by atoms with Gasteiger partial charge < -0.3 is 15.1 Å². The summed E-state index contributed by atoms with van der Waals surface area (Å²) < 4.78 is 0. The van der Waals surface area contributed by atoms with E-state index in [1.807, 2.05) is 0 Å². The van der Waals surface area contributed by atoms with Crippen molar-refractivity contribution >= 4 is 6.03 Å². The van der Waals surface area contributed by atoms with Crippen LogP contribution in [0.25, 0.3) is 0 Å². The van der Waals surface area contributed by atoms with Gasteiger partial charge in [-0.05, 0) is 64.1 Å². The van der Waals surface area contributed by atoms with Gasteiger partial charge in [-0.15, -0.1) is 0 Å². The van der Waals surface area contributed by atoms with Gasteiger partial charge in [-0.2, -0.15) is 0 Å². The highest BCUT2D eigenvalue weighted by atomic mass is 16.2. The van der Waals surface area contributed by atoms with E-state index in [-0.39, 0.29) is 6.03 Å². The largest absolute Gasteiger partial charge is 0.334 e. The third kappa shape index (κ3) is 4.73. The van der Waals surface area contributed by atoms with Crippen LogP contribution in [0.2, 0.25) is 0 Å². The molecular weight excluding hydrogens is 298 g/mol. The zero-order valence-corrected chi connectivity index (χ0v) is 15.0. The van der Waals surface area contributed by atoms with Crippen molar-refractivity contribution in [3.8, 4) is 0 Å². The van der Waals surface area contributed by atoms with Gasteiger partial charge in [-0.25, -0.2) is 4.79 Å². The number of carbonyl (C=O) groups excluding carboxylic acids is 1. The number of rotatable bonds is 5. The highest BCUT2D eigenvalue weighted by Gasteiger charge is 2.27. The van der Waals surface area contributed by atoms with Crippen LogP contribution in [0.15, 0.2) is 24.3 Å².